The van der Waals surface area contributed by atoms with Crippen molar-refractivity contribution in [1.82, 2.24) is 9.97 Å². The van der Waals surface area contributed by atoms with Crippen molar-refractivity contribution in [2.45, 2.75) is 77.8 Å². The molecule has 0 atom stereocenters. The van der Waals surface area contributed by atoms with Crippen LogP contribution >= 0.6 is 11.3 Å². The normalized spacial score (nSPS) is 13.2. The third-order valence-electron chi connectivity index (χ3n) is 9.06. The molecule has 0 amide bonds. The zero-order valence-corrected chi connectivity index (χ0v) is 31.0. The molecule has 4 rings (SSSR count). The van der Waals surface area contributed by atoms with E-state index in [1.54, 1.807) is 23.7 Å². The molecule has 2 heterocycles. The second-order valence-electron chi connectivity index (χ2n) is 14.3. The van der Waals surface area contributed by atoms with Crippen molar-refractivity contribution in [3.05, 3.63) is 67.0 Å². The van der Waals surface area contributed by atoms with Crippen LogP contribution in [0.5, 0.6) is 0 Å². The zero-order chi connectivity index (χ0) is 32.2. The van der Waals surface area contributed by atoms with E-state index in [4.69, 9.17) is 13.8 Å². The van der Waals surface area contributed by atoms with Gasteiger partial charge in [-0.05, 0) is 90.9 Å². The Labute approximate surface area is 270 Å². The molecule has 0 aliphatic heterocycles. The molecule has 7 nitrogen and oxygen atoms in total. The number of benzene rings is 2. The van der Waals surface area contributed by atoms with Crippen molar-refractivity contribution in [3.63, 3.8) is 0 Å². The third kappa shape index (κ3) is 8.69. The topological polar surface area (TPSA) is 72.2 Å². The quantitative estimate of drug-likeness (QED) is 0.113. The van der Waals surface area contributed by atoms with Gasteiger partial charge in [0.05, 0.1) is 34.8 Å². The zero-order valence-electron chi connectivity index (χ0n) is 28.1. The van der Waals surface area contributed by atoms with Gasteiger partial charge < -0.3 is 13.8 Å². The van der Waals surface area contributed by atoms with E-state index in [1.165, 1.54) is 0 Å². The summed E-state index contributed by atoms with van der Waals surface area (Å²) >= 11 is 1.65. The van der Waals surface area contributed by atoms with Crippen LogP contribution in [0.15, 0.2) is 77.2 Å². The fraction of sp³-hybridized carbons (Fsp3) is 0.471. The molecule has 2 aromatic heterocycles. The van der Waals surface area contributed by atoms with Gasteiger partial charge in [0.25, 0.3) is 0 Å². The first-order valence-corrected chi connectivity index (χ1v) is 22.0. The molecule has 44 heavy (non-hydrogen) atoms. The molecule has 236 valence electrons. The van der Waals surface area contributed by atoms with E-state index >= 15 is 0 Å². The maximum absolute atomic E-state index is 6.54. The van der Waals surface area contributed by atoms with E-state index in [9.17, 15) is 0 Å². The number of aromatic nitrogens is 2. The summed E-state index contributed by atoms with van der Waals surface area (Å²) in [6.07, 6.45) is 3.58. The minimum atomic E-state index is -1.83. The van der Waals surface area contributed by atoms with E-state index < -0.39 is 16.6 Å². The lowest BCUT2D eigenvalue weighted by Crippen LogP contribution is -2.44. The summed E-state index contributed by atoms with van der Waals surface area (Å²) in [4.78, 5) is 11.2. The molecule has 0 fully saturated rings. The number of thiazole rings is 1. The smallest absolute Gasteiger partial charge is 0.192 e. The van der Waals surface area contributed by atoms with Gasteiger partial charge >= 0.3 is 0 Å². The standard InChI is InChI=1S/C34H49N5O2SSi2/c1-33(2,3)43(7,8)40-23-21-39(22-24-41-44(9,10)34(4,5)6)29-14-11-27(12-15-29)37-38-28-13-16-30-31(25-28)42-32(36-30)26-17-19-35-20-18-26/h11-20,25H,21-24H2,1-10H3. The minimum absolute atomic E-state index is 0.183. The van der Waals surface area contributed by atoms with Crippen molar-refractivity contribution >= 4 is 55.3 Å². The SMILES string of the molecule is CC(C)(C)[Si](C)(C)OCCN(CCO[Si](C)(C)C(C)(C)C)c1ccc(N=Nc2ccc3nc(-c4ccncc4)sc3c2)cc1. The fourth-order valence-corrected chi connectivity index (χ4v) is 7.14. The van der Waals surface area contributed by atoms with E-state index in [0.717, 1.165) is 50.9 Å². The summed E-state index contributed by atoms with van der Waals surface area (Å²) in [7, 11) is -3.66. The Hall–Kier alpha value is -2.77. The highest BCUT2D eigenvalue weighted by molar-refractivity contribution is 7.21. The molecular formula is C34H49N5O2SSi2. The highest BCUT2D eigenvalue weighted by atomic mass is 32.1. The van der Waals surface area contributed by atoms with Crippen LogP contribution in [0.1, 0.15) is 41.5 Å². The largest absolute Gasteiger partial charge is 0.415 e. The molecular weight excluding hydrogens is 599 g/mol. The van der Waals surface area contributed by atoms with E-state index in [1.807, 2.05) is 42.5 Å². The summed E-state index contributed by atoms with van der Waals surface area (Å²) in [5.41, 5.74) is 4.78. The highest BCUT2D eigenvalue weighted by Gasteiger charge is 2.38. The van der Waals surface area contributed by atoms with Crippen molar-refractivity contribution in [2.75, 3.05) is 31.2 Å². The molecule has 0 unspecified atom stereocenters. The van der Waals surface area contributed by atoms with Gasteiger partial charge in [-0.1, -0.05) is 41.5 Å². The van der Waals surface area contributed by atoms with Gasteiger partial charge in [0.15, 0.2) is 16.6 Å². The van der Waals surface area contributed by atoms with Crippen LogP contribution in [0, 0.1) is 0 Å². The van der Waals surface area contributed by atoms with Crippen molar-refractivity contribution in [1.29, 1.82) is 0 Å². The van der Waals surface area contributed by atoms with Crippen LogP contribution in [0.25, 0.3) is 20.8 Å². The van der Waals surface area contributed by atoms with Gasteiger partial charge in [-0.15, -0.1) is 11.3 Å². The summed E-state index contributed by atoms with van der Waals surface area (Å²) in [6, 6.07) is 18.3. The van der Waals surface area contributed by atoms with Crippen LogP contribution in [-0.4, -0.2) is 52.9 Å². The molecule has 4 aromatic rings. The third-order valence-corrected chi connectivity index (χ3v) is 19.2. The van der Waals surface area contributed by atoms with Gasteiger partial charge in [0, 0.05) is 36.7 Å². The number of nitrogens with zero attached hydrogens (tertiary/aromatic N) is 5. The summed E-state index contributed by atoms with van der Waals surface area (Å²) in [5.74, 6) is 0. The Morgan fingerprint density at radius 2 is 1.25 bits per heavy atom. The van der Waals surface area contributed by atoms with Gasteiger partial charge in [-0.3, -0.25) is 4.98 Å². The second-order valence-corrected chi connectivity index (χ2v) is 25.0. The number of hydrogen-bond donors (Lipinski definition) is 0. The van der Waals surface area contributed by atoms with Crippen LogP contribution in [0.4, 0.5) is 17.1 Å². The average molecular weight is 648 g/mol. The summed E-state index contributed by atoms with van der Waals surface area (Å²) < 4.78 is 14.2. The number of fused-ring (bicyclic) bond motifs is 1. The lowest BCUT2D eigenvalue weighted by atomic mass is 10.2. The minimum Gasteiger partial charge on any atom is -0.415 e. The molecule has 0 bridgehead atoms. The number of anilines is 1. The van der Waals surface area contributed by atoms with E-state index in [2.05, 4.69) is 100.0 Å². The molecule has 0 saturated carbocycles. The number of pyridine rings is 1. The Kier molecular flexibility index (Phi) is 10.6. The van der Waals surface area contributed by atoms with Crippen LogP contribution in [0.2, 0.25) is 36.3 Å². The molecule has 10 heteroatoms. The summed E-state index contributed by atoms with van der Waals surface area (Å²) in [6.45, 7) is 26.0. The monoisotopic (exact) mass is 647 g/mol. The van der Waals surface area contributed by atoms with Gasteiger partial charge in [0.1, 0.15) is 5.01 Å². The van der Waals surface area contributed by atoms with Crippen LogP contribution in [0.3, 0.4) is 0 Å². The van der Waals surface area contributed by atoms with Crippen LogP contribution in [-0.2, 0) is 8.85 Å². The summed E-state index contributed by atoms with van der Waals surface area (Å²) in [5, 5.41) is 10.4. The van der Waals surface area contributed by atoms with Crippen molar-refractivity contribution < 1.29 is 8.85 Å². The van der Waals surface area contributed by atoms with Crippen molar-refractivity contribution in [3.8, 4) is 10.6 Å². The number of rotatable bonds is 12. The fourth-order valence-electron chi connectivity index (χ4n) is 4.06. The average Bonchev–Trinajstić information content (AvgIpc) is 3.38. The lowest BCUT2D eigenvalue weighted by molar-refractivity contribution is 0.276. The predicted octanol–water partition coefficient (Wildman–Crippen LogP) is 10.6. The molecule has 0 saturated heterocycles. The first kappa shape index (κ1) is 34.1. The van der Waals surface area contributed by atoms with Crippen LogP contribution < -0.4 is 4.90 Å². The Bertz CT molecular complexity index is 1510. The van der Waals surface area contributed by atoms with Crippen molar-refractivity contribution in [2.24, 2.45) is 10.2 Å². The maximum Gasteiger partial charge on any atom is 0.192 e. The Morgan fingerprint density at radius 1 is 0.727 bits per heavy atom. The Balaban J connectivity index is 1.45. The molecule has 0 N–H and O–H groups in total. The first-order chi connectivity index (χ1) is 20.6. The van der Waals surface area contributed by atoms with Gasteiger partial charge in [0.2, 0.25) is 0 Å². The molecule has 0 aliphatic rings. The highest BCUT2D eigenvalue weighted by Crippen LogP contribution is 2.38. The predicted molar refractivity (Wildman–Crippen MR) is 192 cm³/mol. The lowest BCUT2D eigenvalue weighted by Gasteiger charge is -2.38. The molecule has 0 spiro atoms. The maximum atomic E-state index is 6.54. The Morgan fingerprint density at radius 3 is 1.80 bits per heavy atom. The van der Waals surface area contributed by atoms with E-state index in [0.29, 0.717) is 13.2 Å². The number of azo groups is 1. The number of hydrogen-bond acceptors (Lipinski definition) is 8. The molecule has 0 aliphatic carbocycles. The molecule has 2 aromatic carbocycles. The second kappa shape index (κ2) is 13.7. The molecule has 0 radical (unpaired) electrons. The van der Waals surface area contributed by atoms with E-state index in [-0.39, 0.29) is 10.1 Å². The first-order valence-electron chi connectivity index (χ1n) is 15.4. The van der Waals surface area contributed by atoms with Gasteiger partial charge in [-0.2, -0.15) is 10.2 Å². The van der Waals surface area contributed by atoms with Gasteiger partial charge in [-0.25, -0.2) is 4.98 Å².